The second-order valence-corrected chi connectivity index (χ2v) is 12.7. The van der Waals surface area contributed by atoms with E-state index in [4.69, 9.17) is 0 Å². The van der Waals surface area contributed by atoms with E-state index in [1.807, 2.05) is 0 Å². The molecule has 1 aliphatic carbocycles. The fourth-order valence-corrected chi connectivity index (χ4v) is 7.33. The average Bonchev–Trinajstić information content (AvgIpc) is 3.18. The number of hydrogen-bond acceptors (Lipinski definition) is 7. The first-order valence-electron chi connectivity index (χ1n) is 13.2. The number of fused-ring (bicyclic) bond motifs is 1. The summed E-state index contributed by atoms with van der Waals surface area (Å²) < 4.78 is 110. The summed E-state index contributed by atoms with van der Waals surface area (Å²) in [5, 5.41) is 42.0. The van der Waals surface area contributed by atoms with Crippen LogP contribution in [0.15, 0.2) is 47.4 Å². The summed E-state index contributed by atoms with van der Waals surface area (Å²) in [6, 6.07) is 4.96. The van der Waals surface area contributed by atoms with Crippen LogP contribution in [0.4, 0.5) is 32.0 Å². The van der Waals surface area contributed by atoms with Gasteiger partial charge in [-0.25, -0.2) is 8.42 Å². The molecule has 0 bridgehead atoms. The fraction of sp³-hybridized carbons (Fsp3) is 0.519. The maximum Gasteiger partial charge on any atom is 0.430 e. The topological polar surface area (TPSA) is 147 Å². The zero-order valence-corrected chi connectivity index (χ0v) is 23.4. The van der Waals surface area contributed by atoms with Gasteiger partial charge >= 0.3 is 12.4 Å². The van der Waals surface area contributed by atoms with Gasteiger partial charge in [-0.05, 0) is 49.9 Å². The molecule has 1 amide bonds. The number of aliphatic hydroxyl groups is 4. The number of amides is 1. The standard InChI is InChI=1S/C27H30F6N2O7S/c1-14-2-7-19(8-3-14)43(41,42)35-18(12-22(37)34-20-11-16(13-36)23(38)24(20)39)6-4-15-10-17(5-9-21(15)35)25(40,26(28,29)30)27(31,32)33/h2-3,5,7-10,16,18,20,23-24,36,38-40H,4,6,11-13H2,1H3,(H,34,37)/t16-,18+,20-,23-,24+/m1/s1. The summed E-state index contributed by atoms with van der Waals surface area (Å²) in [5.74, 6) is -1.45. The molecule has 1 heterocycles. The Labute approximate surface area is 242 Å². The highest BCUT2D eigenvalue weighted by atomic mass is 32.2. The third-order valence-corrected chi connectivity index (χ3v) is 9.90. The first-order valence-corrected chi connectivity index (χ1v) is 14.6. The molecule has 0 spiro atoms. The summed E-state index contributed by atoms with van der Waals surface area (Å²) in [7, 11) is -4.53. The number of anilines is 1. The molecule has 2 aromatic carbocycles. The van der Waals surface area contributed by atoms with Crippen LogP contribution >= 0.6 is 0 Å². The lowest BCUT2D eigenvalue weighted by atomic mass is 9.87. The molecular weight excluding hydrogens is 610 g/mol. The van der Waals surface area contributed by atoms with Crippen molar-refractivity contribution in [2.75, 3.05) is 10.9 Å². The van der Waals surface area contributed by atoms with Gasteiger partial charge in [0.1, 0.15) is 6.10 Å². The van der Waals surface area contributed by atoms with Crippen molar-refractivity contribution in [1.82, 2.24) is 5.32 Å². The zero-order valence-electron chi connectivity index (χ0n) is 22.6. The molecule has 1 fully saturated rings. The van der Waals surface area contributed by atoms with E-state index < -0.39 is 82.7 Å². The molecule has 0 aromatic heterocycles. The number of aryl methyl sites for hydroxylation is 2. The van der Waals surface area contributed by atoms with Crippen molar-refractivity contribution in [1.29, 1.82) is 0 Å². The minimum Gasteiger partial charge on any atom is -0.396 e. The normalized spacial score (nSPS) is 25.0. The number of alkyl halides is 6. The number of halogens is 6. The molecule has 238 valence electrons. The molecule has 5 N–H and O–H groups in total. The van der Waals surface area contributed by atoms with E-state index in [0.717, 1.165) is 10.4 Å². The van der Waals surface area contributed by atoms with Crippen molar-refractivity contribution in [2.45, 2.75) is 79.7 Å². The van der Waals surface area contributed by atoms with E-state index in [9.17, 15) is 60.0 Å². The van der Waals surface area contributed by atoms with E-state index in [-0.39, 0.29) is 35.4 Å². The van der Waals surface area contributed by atoms with Crippen molar-refractivity contribution in [2.24, 2.45) is 5.92 Å². The van der Waals surface area contributed by atoms with Crippen LogP contribution in [-0.4, -0.2) is 78.0 Å². The first-order chi connectivity index (χ1) is 19.8. The quantitative estimate of drug-likeness (QED) is 0.292. The van der Waals surface area contributed by atoms with Gasteiger partial charge in [0.15, 0.2) is 0 Å². The molecule has 4 rings (SSSR count). The zero-order chi connectivity index (χ0) is 32.1. The van der Waals surface area contributed by atoms with Crippen molar-refractivity contribution >= 4 is 21.6 Å². The van der Waals surface area contributed by atoms with Crippen LogP contribution in [0.5, 0.6) is 0 Å². The van der Waals surface area contributed by atoms with Crippen molar-refractivity contribution in [3.8, 4) is 0 Å². The largest absolute Gasteiger partial charge is 0.430 e. The van der Waals surface area contributed by atoms with Crippen molar-refractivity contribution in [3.05, 3.63) is 59.2 Å². The highest BCUT2D eigenvalue weighted by molar-refractivity contribution is 7.92. The molecule has 1 saturated carbocycles. The minimum absolute atomic E-state index is 0.0353. The molecule has 5 atom stereocenters. The molecule has 0 unspecified atom stereocenters. The Morgan fingerprint density at radius 3 is 2.14 bits per heavy atom. The van der Waals surface area contributed by atoms with Gasteiger partial charge in [0.05, 0.1) is 28.8 Å². The summed E-state index contributed by atoms with van der Waals surface area (Å²) >= 11 is 0. The average molecular weight is 641 g/mol. The Morgan fingerprint density at radius 1 is 1.00 bits per heavy atom. The Bertz CT molecular complexity index is 1440. The van der Waals surface area contributed by atoms with E-state index in [1.165, 1.54) is 24.3 Å². The SMILES string of the molecule is Cc1ccc(S(=O)(=O)N2c3ccc(C(O)(C(F)(F)F)C(F)(F)F)cc3CC[C@H]2CC(=O)N[C@@H]2C[C@H](CO)[C@@H](O)[C@H]2O)cc1. The lowest BCUT2D eigenvalue weighted by molar-refractivity contribution is -0.376. The summed E-state index contributed by atoms with van der Waals surface area (Å²) in [5.41, 5.74) is -6.54. The number of nitrogens with one attached hydrogen (secondary N) is 1. The van der Waals surface area contributed by atoms with Gasteiger partial charge in [0.2, 0.25) is 5.91 Å². The van der Waals surface area contributed by atoms with Crippen molar-refractivity contribution in [3.63, 3.8) is 0 Å². The molecule has 2 aliphatic rings. The fourth-order valence-electron chi connectivity index (χ4n) is 5.61. The van der Waals surface area contributed by atoms with Crippen LogP contribution in [0.25, 0.3) is 0 Å². The number of hydrogen-bond donors (Lipinski definition) is 5. The molecule has 43 heavy (non-hydrogen) atoms. The predicted molar refractivity (Wildman–Crippen MR) is 139 cm³/mol. The Kier molecular flexibility index (Phi) is 8.85. The number of rotatable bonds is 7. The first kappa shape index (κ1) is 33.0. The third-order valence-electron chi connectivity index (χ3n) is 8.02. The lowest BCUT2D eigenvalue weighted by Crippen LogP contribution is -2.54. The predicted octanol–water partition coefficient (Wildman–Crippen LogP) is 2.43. The number of carbonyl (C=O) groups excluding carboxylic acids is 1. The van der Waals surface area contributed by atoms with Gasteiger partial charge in [0.25, 0.3) is 15.6 Å². The molecule has 0 saturated heterocycles. The molecule has 9 nitrogen and oxygen atoms in total. The van der Waals surface area contributed by atoms with Crippen molar-refractivity contribution < 1.29 is 60.0 Å². The number of benzene rings is 2. The van der Waals surface area contributed by atoms with Gasteiger partial charge in [-0.3, -0.25) is 9.10 Å². The van der Waals surface area contributed by atoms with Crippen LogP contribution in [-0.2, 0) is 26.8 Å². The van der Waals surface area contributed by atoms with Crippen LogP contribution in [0.2, 0.25) is 0 Å². The highest BCUT2D eigenvalue weighted by Crippen LogP contribution is 2.51. The van der Waals surface area contributed by atoms with Gasteiger partial charge < -0.3 is 25.7 Å². The number of nitrogens with zero attached hydrogens (tertiary/aromatic N) is 1. The highest BCUT2D eigenvalue weighted by Gasteiger charge is 2.71. The van der Waals surface area contributed by atoms with E-state index in [0.29, 0.717) is 17.7 Å². The summed E-state index contributed by atoms with van der Waals surface area (Å²) in [6.07, 6.45) is -15.9. The summed E-state index contributed by atoms with van der Waals surface area (Å²) in [4.78, 5) is 12.8. The number of sulfonamides is 1. The van der Waals surface area contributed by atoms with Crippen LogP contribution in [0.1, 0.15) is 36.0 Å². The summed E-state index contributed by atoms with van der Waals surface area (Å²) in [6.45, 7) is 1.24. The maximum atomic E-state index is 13.9. The van der Waals surface area contributed by atoms with Crippen LogP contribution in [0.3, 0.4) is 0 Å². The lowest BCUT2D eigenvalue weighted by Gasteiger charge is -2.39. The smallest absolute Gasteiger partial charge is 0.396 e. The monoisotopic (exact) mass is 640 g/mol. The van der Waals surface area contributed by atoms with E-state index in [1.54, 1.807) is 6.92 Å². The van der Waals surface area contributed by atoms with Gasteiger partial charge in [-0.15, -0.1) is 0 Å². The molecule has 0 radical (unpaired) electrons. The Morgan fingerprint density at radius 2 is 1.60 bits per heavy atom. The molecule has 1 aliphatic heterocycles. The Hall–Kier alpha value is -2.92. The maximum absolute atomic E-state index is 13.9. The minimum atomic E-state index is -6.14. The molecular formula is C27H30F6N2O7S. The van der Waals surface area contributed by atoms with E-state index >= 15 is 0 Å². The number of carbonyl (C=O) groups is 1. The van der Waals surface area contributed by atoms with Crippen LogP contribution < -0.4 is 9.62 Å². The van der Waals surface area contributed by atoms with Gasteiger partial charge in [-0.2, -0.15) is 26.3 Å². The third kappa shape index (κ3) is 5.94. The number of aliphatic hydroxyl groups excluding tert-OH is 3. The van der Waals surface area contributed by atoms with E-state index in [2.05, 4.69) is 5.32 Å². The van der Waals surface area contributed by atoms with Gasteiger partial charge in [0, 0.05) is 24.5 Å². The Balaban J connectivity index is 1.74. The molecule has 16 heteroatoms. The second-order valence-electron chi connectivity index (χ2n) is 10.9. The molecule has 2 aromatic rings. The van der Waals surface area contributed by atoms with Gasteiger partial charge in [-0.1, -0.05) is 29.8 Å². The van der Waals surface area contributed by atoms with Crippen LogP contribution in [0, 0.1) is 12.8 Å². The second kappa shape index (κ2) is 11.5.